The minimum absolute atomic E-state index is 0.0941. The first kappa shape index (κ1) is 15.3. The fraction of sp³-hybridized carbons (Fsp3) is 0.0909. The largest absolute Gasteiger partial charge is 0.368 e. The van der Waals surface area contributed by atoms with Crippen LogP contribution in [0, 0.1) is 5.82 Å². The maximum atomic E-state index is 13.1. The molecule has 0 bridgehead atoms. The van der Waals surface area contributed by atoms with Crippen molar-refractivity contribution in [2.75, 3.05) is 4.72 Å². The predicted octanol–water partition coefficient (Wildman–Crippen LogP) is 0.962. The van der Waals surface area contributed by atoms with Gasteiger partial charge in [-0.2, -0.15) is 5.10 Å². The summed E-state index contributed by atoms with van der Waals surface area (Å²) in [4.78, 5) is 10.3. The lowest BCUT2D eigenvalue weighted by Crippen LogP contribution is -2.18. The van der Waals surface area contributed by atoms with Crippen LogP contribution < -0.4 is 10.5 Å². The lowest BCUT2D eigenvalue weighted by Gasteiger charge is -2.07. The number of sulfonamides is 1. The Labute approximate surface area is 124 Å². The van der Waals surface area contributed by atoms with Gasteiger partial charge in [-0.1, -0.05) is 11.6 Å². The van der Waals surface area contributed by atoms with Gasteiger partial charge in [0.15, 0.2) is 0 Å². The van der Waals surface area contributed by atoms with Crippen molar-refractivity contribution in [1.82, 2.24) is 9.78 Å². The molecule has 0 saturated heterocycles. The number of amides is 1. The number of nitrogens with zero attached hydrogens (tertiary/aromatic N) is 2. The zero-order valence-corrected chi connectivity index (χ0v) is 12.0. The molecule has 1 aromatic carbocycles. The van der Waals surface area contributed by atoms with Gasteiger partial charge in [0, 0.05) is 6.20 Å². The molecule has 1 amide bonds. The minimum Gasteiger partial charge on any atom is -0.368 e. The highest BCUT2D eigenvalue weighted by Crippen LogP contribution is 2.24. The van der Waals surface area contributed by atoms with Crippen LogP contribution in [0.4, 0.5) is 10.1 Å². The molecule has 2 rings (SSSR count). The molecule has 2 aromatic rings. The molecule has 0 radical (unpaired) electrons. The molecule has 1 aromatic heterocycles. The molecule has 1 heterocycles. The van der Waals surface area contributed by atoms with Crippen LogP contribution in [0.15, 0.2) is 35.5 Å². The number of carbonyl (C=O) groups is 1. The summed E-state index contributed by atoms with van der Waals surface area (Å²) in [5.41, 5.74) is 5.09. The van der Waals surface area contributed by atoms with Gasteiger partial charge in [0.2, 0.25) is 5.91 Å². The Bertz CT molecular complexity index is 791. The number of rotatable bonds is 5. The SMILES string of the molecule is NC(=O)Cn1cc(NS(=O)(=O)c2cc(F)ccc2Cl)cn1. The summed E-state index contributed by atoms with van der Waals surface area (Å²) in [5.74, 6) is -1.36. The fourth-order valence-electron chi connectivity index (χ4n) is 1.56. The third-order valence-corrected chi connectivity index (χ3v) is 4.25. The van der Waals surface area contributed by atoms with Crippen LogP contribution in [0.1, 0.15) is 0 Å². The van der Waals surface area contributed by atoms with Crippen LogP contribution in [-0.4, -0.2) is 24.1 Å². The molecule has 0 unspecified atom stereocenters. The molecule has 112 valence electrons. The van der Waals surface area contributed by atoms with Gasteiger partial charge in [-0.3, -0.25) is 14.2 Å². The highest BCUT2D eigenvalue weighted by atomic mass is 35.5. The van der Waals surface area contributed by atoms with Crippen LogP contribution in [0.5, 0.6) is 0 Å². The van der Waals surface area contributed by atoms with Gasteiger partial charge in [0.25, 0.3) is 10.0 Å². The van der Waals surface area contributed by atoms with Crippen LogP contribution in [-0.2, 0) is 21.4 Å². The number of nitrogens with two attached hydrogens (primary N) is 1. The summed E-state index contributed by atoms with van der Waals surface area (Å²) >= 11 is 5.75. The number of benzene rings is 1. The Morgan fingerprint density at radius 1 is 1.48 bits per heavy atom. The quantitative estimate of drug-likeness (QED) is 0.850. The lowest BCUT2D eigenvalue weighted by molar-refractivity contribution is -0.118. The molecule has 0 aliphatic rings. The van der Waals surface area contributed by atoms with Crippen molar-refractivity contribution in [2.24, 2.45) is 5.73 Å². The third kappa shape index (κ3) is 3.70. The van der Waals surface area contributed by atoms with E-state index in [1.54, 1.807) is 0 Å². The number of carbonyl (C=O) groups excluding carboxylic acids is 1. The Balaban J connectivity index is 2.27. The molecule has 0 atom stereocenters. The standard InChI is InChI=1S/C11H10ClFN4O3S/c12-9-2-1-7(13)3-10(9)21(19,20)16-8-4-15-17(5-8)6-11(14)18/h1-5,16H,6H2,(H2,14,18). The van der Waals surface area contributed by atoms with Crippen molar-refractivity contribution >= 4 is 33.2 Å². The molecule has 0 spiro atoms. The summed E-state index contributed by atoms with van der Waals surface area (Å²) < 4.78 is 40.7. The maximum absolute atomic E-state index is 13.1. The van der Waals surface area contributed by atoms with Crippen LogP contribution in [0.25, 0.3) is 0 Å². The zero-order chi connectivity index (χ0) is 15.6. The van der Waals surface area contributed by atoms with E-state index in [9.17, 15) is 17.6 Å². The Hall–Kier alpha value is -2.13. The van der Waals surface area contributed by atoms with E-state index in [-0.39, 0.29) is 17.3 Å². The first-order chi connectivity index (χ1) is 9.78. The molecule has 7 nitrogen and oxygen atoms in total. The van der Waals surface area contributed by atoms with Crippen molar-refractivity contribution in [3.05, 3.63) is 41.4 Å². The molecule has 3 N–H and O–H groups in total. The lowest BCUT2D eigenvalue weighted by atomic mass is 10.3. The number of hydrogen-bond donors (Lipinski definition) is 2. The molecule has 21 heavy (non-hydrogen) atoms. The Kier molecular flexibility index (Phi) is 4.14. The Morgan fingerprint density at radius 3 is 2.86 bits per heavy atom. The number of halogens is 2. The number of aromatic nitrogens is 2. The summed E-state index contributed by atoms with van der Waals surface area (Å²) in [5, 5.41) is 3.64. The monoisotopic (exact) mass is 332 g/mol. The molecule has 0 aliphatic heterocycles. The van der Waals surface area contributed by atoms with Crippen molar-refractivity contribution in [3.63, 3.8) is 0 Å². The second kappa shape index (κ2) is 5.70. The van der Waals surface area contributed by atoms with Crippen LogP contribution in [0.3, 0.4) is 0 Å². The zero-order valence-electron chi connectivity index (χ0n) is 10.5. The number of primary amides is 1. The highest BCUT2D eigenvalue weighted by molar-refractivity contribution is 7.92. The van der Waals surface area contributed by atoms with E-state index in [1.165, 1.54) is 12.4 Å². The molecular weight excluding hydrogens is 323 g/mol. The van der Waals surface area contributed by atoms with Gasteiger partial charge in [-0.25, -0.2) is 12.8 Å². The Morgan fingerprint density at radius 2 is 2.19 bits per heavy atom. The number of anilines is 1. The van der Waals surface area contributed by atoms with Gasteiger partial charge in [0.1, 0.15) is 17.3 Å². The van der Waals surface area contributed by atoms with E-state index < -0.39 is 26.6 Å². The van der Waals surface area contributed by atoms with Gasteiger partial charge < -0.3 is 5.73 Å². The smallest absolute Gasteiger partial charge is 0.263 e. The van der Waals surface area contributed by atoms with Gasteiger partial charge in [0.05, 0.1) is 16.9 Å². The second-order valence-electron chi connectivity index (χ2n) is 4.07. The van der Waals surface area contributed by atoms with E-state index in [2.05, 4.69) is 9.82 Å². The van der Waals surface area contributed by atoms with Crippen LogP contribution in [0.2, 0.25) is 5.02 Å². The van der Waals surface area contributed by atoms with E-state index in [1.807, 2.05) is 0 Å². The number of hydrogen-bond acceptors (Lipinski definition) is 4. The van der Waals surface area contributed by atoms with Crippen molar-refractivity contribution in [2.45, 2.75) is 11.4 Å². The summed E-state index contributed by atoms with van der Waals surface area (Å²) in [6, 6.07) is 2.99. The van der Waals surface area contributed by atoms with Gasteiger partial charge >= 0.3 is 0 Å². The summed E-state index contributed by atoms with van der Waals surface area (Å²) in [6.45, 7) is -0.192. The third-order valence-electron chi connectivity index (χ3n) is 2.39. The fourth-order valence-corrected chi connectivity index (χ4v) is 3.10. The van der Waals surface area contributed by atoms with E-state index in [4.69, 9.17) is 17.3 Å². The van der Waals surface area contributed by atoms with Crippen molar-refractivity contribution in [1.29, 1.82) is 0 Å². The first-order valence-electron chi connectivity index (χ1n) is 5.56. The topological polar surface area (TPSA) is 107 Å². The molecule has 10 heteroatoms. The molecule has 0 fully saturated rings. The predicted molar refractivity (Wildman–Crippen MR) is 73.6 cm³/mol. The molecule has 0 saturated carbocycles. The second-order valence-corrected chi connectivity index (χ2v) is 6.13. The van der Waals surface area contributed by atoms with Gasteiger partial charge in [-0.15, -0.1) is 0 Å². The van der Waals surface area contributed by atoms with Crippen molar-refractivity contribution in [3.8, 4) is 0 Å². The minimum atomic E-state index is -4.07. The van der Waals surface area contributed by atoms with Crippen molar-refractivity contribution < 1.29 is 17.6 Å². The maximum Gasteiger partial charge on any atom is 0.263 e. The number of nitrogens with one attached hydrogen (secondary N) is 1. The summed E-state index contributed by atoms with van der Waals surface area (Å²) in [7, 11) is -4.07. The average Bonchev–Trinajstić information content (AvgIpc) is 2.77. The highest BCUT2D eigenvalue weighted by Gasteiger charge is 2.19. The summed E-state index contributed by atoms with van der Waals surface area (Å²) in [6.07, 6.45) is 2.46. The molecular formula is C11H10ClFN4O3S. The average molecular weight is 333 g/mol. The van der Waals surface area contributed by atoms with Gasteiger partial charge in [-0.05, 0) is 18.2 Å². The van der Waals surface area contributed by atoms with Crippen LogP contribution >= 0.6 is 11.6 Å². The van der Waals surface area contributed by atoms with E-state index >= 15 is 0 Å². The normalized spacial score (nSPS) is 11.3. The first-order valence-corrected chi connectivity index (χ1v) is 7.43. The van der Waals surface area contributed by atoms with E-state index in [0.29, 0.717) is 0 Å². The molecule has 0 aliphatic carbocycles. The van der Waals surface area contributed by atoms with E-state index in [0.717, 1.165) is 22.9 Å².